The number of carboxylic acid groups (broad SMARTS) is 1. The minimum Gasteiger partial charge on any atom is -0.545 e. The van der Waals surface area contributed by atoms with Crippen molar-refractivity contribution < 1.29 is 9.90 Å². The number of rotatable bonds is 3. The molecule has 1 N–H and O–H groups in total. The first-order chi connectivity index (χ1) is 10.5. The van der Waals surface area contributed by atoms with Crippen LogP contribution in [0.1, 0.15) is 32.7 Å². The van der Waals surface area contributed by atoms with Crippen LogP contribution in [0.25, 0.3) is 5.65 Å². The van der Waals surface area contributed by atoms with Crippen molar-refractivity contribution in [3.8, 4) is 0 Å². The highest BCUT2D eigenvalue weighted by Gasteiger charge is 2.14. The van der Waals surface area contributed by atoms with Crippen molar-refractivity contribution in [1.29, 1.82) is 0 Å². The van der Waals surface area contributed by atoms with E-state index in [1.54, 1.807) is 6.92 Å². The molecule has 0 spiro atoms. The van der Waals surface area contributed by atoms with Crippen LogP contribution in [0.4, 0.5) is 0 Å². The third-order valence-electron chi connectivity index (χ3n) is 3.65. The van der Waals surface area contributed by atoms with Crippen LogP contribution in [0.2, 0.25) is 0 Å². The number of hydrogen-bond donors (Lipinski definition) is 1. The second kappa shape index (κ2) is 5.14. The van der Waals surface area contributed by atoms with E-state index in [0.29, 0.717) is 17.7 Å². The first kappa shape index (κ1) is 14.1. The molecule has 0 saturated heterocycles. The molecule has 6 nitrogen and oxygen atoms in total. The Hall–Kier alpha value is -2.89. The van der Waals surface area contributed by atoms with Crippen LogP contribution in [0.3, 0.4) is 0 Å². The van der Waals surface area contributed by atoms with Gasteiger partial charge in [-0.3, -0.25) is 9.89 Å². The summed E-state index contributed by atoms with van der Waals surface area (Å²) >= 11 is 0. The lowest BCUT2D eigenvalue weighted by Gasteiger charge is -2.07. The molecule has 0 aliphatic carbocycles. The summed E-state index contributed by atoms with van der Waals surface area (Å²) < 4.78 is 1.14. The summed E-state index contributed by atoms with van der Waals surface area (Å²) in [5.41, 5.74) is 2.84. The zero-order chi connectivity index (χ0) is 15.9. The fraction of sp³-hybridized carbons (Fsp3) is 0.188. The van der Waals surface area contributed by atoms with Gasteiger partial charge in [-0.15, -0.1) is 0 Å². The van der Waals surface area contributed by atoms with E-state index in [1.165, 1.54) is 6.20 Å². The number of aryl methyl sites for hydroxylation is 2. The van der Waals surface area contributed by atoms with Crippen molar-refractivity contribution in [3.63, 3.8) is 0 Å². The van der Waals surface area contributed by atoms with Crippen LogP contribution < -0.4 is 10.7 Å². The summed E-state index contributed by atoms with van der Waals surface area (Å²) in [4.78, 5) is 27.8. The molecule has 1 aromatic carbocycles. The second-order valence-corrected chi connectivity index (χ2v) is 5.28. The van der Waals surface area contributed by atoms with E-state index < -0.39 is 5.97 Å². The van der Waals surface area contributed by atoms with Gasteiger partial charge in [0.15, 0.2) is 5.65 Å². The summed E-state index contributed by atoms with van der Waals surface area (Å²) in [6.45, 7) is 3.69. The van der Waals surface area contributed by atoms with Gasteiger partial charge in [0.05, 0.1) is 11.5 Å². The maximum Gasteiger partial charge on any atom is 0.276 e. The van der Waals surface area contributed by atoms with E-state index >= 15 is 0 Å². The molecule has 0 radical (unpaired) electrons. The highest BCUT2D eigenvalue weighted by Crippen LogP contribution is 2.13. The van der Waals surface area contributed by atoms with Crippen LogP contribution >= 0.6 is 0 Å². The SMILES string of the molecule is Cc1cccc(Cc2c(C)nc3c(C(=O)[O-])c[nH]n3c2=O)c1. The monoisotopic (exact) mass is 296 g/mol. The molecule has 0 fully saturated rings. The predicted molar refractivity (Wildman–Crippen MR) is 78.9 cm³/mol. The molecule has 0 aliphatic rings. The smallest absolute Gasteiger partial charge is 0.276 e. The van der Waals surface area contributed by atoms with Crippen LogP contribution in [0.15, 0.2) is 35.3 Å². The number of fused-ring (bicyclic) bond motifs is 1. The van der Waals surface area contributed by atoms with E-state index in [9.17, 15) is 14.7 Å². The molecule has 6 heteroatoms. The number of benzene rings is 1. The Morgan fingerprint density at radius 2 is 2.14 bits per heavy atom. The molecule has 2 heterocycles. The maximum absolute atomic E-state index is 12.6. The molecule has 3 aromatic rings. The average Bonchev–Trinajstić information content (AvgIpc) is 2.87. The van der Waals surface area contributed by atoms with Gasteiger partial charge in [-0.25, -0.2) is 9.50 Å². The Morgan fingerprint density at radius 1 is 1.36 bits per heavy atom. The molecule has 0 saturated carbocycles. The van der Waals surface area contributed by atoms with Crippen LogP contribution in [-0.2, 0) is 6.42 Å². The van der Waals surface area contributed by atoms with E-state index in [-0.39, 0.29) is 16.8 Å². The fourth-order valence-electron chi connectivity index (χ4n) is 2.54. The summed E-state index contributed by atoms with van der Waals surface area (Å²) in [5, 5.41) is 13.6. The number of carboxylic acids is 1. The van der Waals surface area contributed by atoms with Gasteiger partial charge in [0.2, 0.25) is 0 Å². The fourth-order valence-corrected chi connectivity index (χ4v) is 2.54. The van der Waals surface area contributed by atoms with E-state index in [4.69, 9.17) is 0 Å². The van der Waals surface area contributed by atoms with Gasteiger partial charge >= 0.3 is 0 Å². The van der Waals surface area contributed by atoms with Crippen molar-refractivity contribution >= 4 is 11.6 Å². The van der Waals surface area contributed by atoms with Gasteiger partial charge in [0, 0.05) is 23.9 Å². The highest BCUT2D eigenvalue weighted by atomic mass is 16.4. The van der Waals surface area contributed by atoms with Crippen molar-refractivity contribution in [3.05, 3.63) is 68.8 Å². The van der Waals surface area contributed by atoms with Gasteiger partial charge in [0.1, 0.15) is 0 Å². The number of hydrogen-bond acceptors (Lipinski definition) is 4. The average molecular weight is 296 g/mol. The molecule has 2 aromatic heterocycles. The summed E-state index contributed by atoms with van der Waals surface area (Å²) in [6, 6.07) is 7.88. The van der Waals surface area contributed by atoms with Crippen LogP contribution in [0, 0.1) is 13.8 Å². The zero-order valence-corrected chi connectivity index (χ0v) is 12.2. The minimum atomic E-state index is -1.36. The minimum absolute atomic E-state index is 0.0792. The molecule has 22 heavy (non-hydrogen) atoms. The molecule has 0 atom stereocenters. The van der Waals surface area contributed by atoms with E-state index in [0.717, 1.165) is 15.6 Å². The lowest BCUT2D eigenvalue weighted by Crippen LogP contribution is -2.25. The molecular formula is C16H14N3O3-. The maximum atomic E-state index is 12.6. The molecule has 0 bridgehead atoms. The van der Waals surface area contributed by atoms with E-state index in [2.05, 4.69) is 10.1 Å². The molecule has 112 valence electrons. The first-order valence-electron chi connectivity index (χ1n) is 6.84. The Morgan fingerprint density at radius 3 is 2.82 bits per heavy atom. The number of nitrogens with zero attached hydrogens (tertiary/aromatic N) is 2. The first-order valence-corrected chi connectivity index (χ1v) is 6.84. The van der Waals surface area contributed by atoms with Gasteiger partial charge < -0.3 is 9.90 Å². The second-order valence-electron chi connectivity index (χ2n) is 5.28. The highest BCUT2D eigenvalue weighted by molar-refractivity contribution is 5.92. The molecular weight excluding hydrogens is 282 g/mol. The molecule has 3 rings (SSSR count). The number of H-pyrrole nitrogens is 1. The van der Waals surface area contributed by atoms with Gasteiger partial charge in [-0.2, -0.15) is 0 Å². The Balaban J connectivity index is 2.15. The lowest BCUT2D eigenvalue weighted by molar-refractivity contribution is -0.254. The number of nitrogens with one attached hydrogen (secondary N) is 1. The van der Waals surface area contributed by atoms with E-state index in [1.807, 2.05) is 31.2 Å². The topological polar surface area (TPSA) is 90.3 Å². The number of aromatic carboxylic acids is 1. The summed E-state index contributed by atoms with van der Waals surface area (Å²) in [5.74, 6) is -1.36. The van der Waals surface area contributed by atoms with Crippen LogP contribution in [-0.4, -0.2) is 20.6 Å². The summed E-state index contributed by atoms with van der Waals surface area (Å²) in [7, 11) is 0. The normalized spacial score (nSPS) is 11.0. The van der Waals surface area contributed by atoms with Crippen LogP contribution in [0.5, 0.6) is 0 Å². The zero-order valence-electron chi connectivity index (χ0n) is 12.2. The lowest BCUT2D eigenvalue weighted by atomic mass is 10.0. The Kier molecular flexibility index (Phi) is 3.29. The van der Waals surface area contributed by atoms with Gasteiger partial charge in [-0.1, -0.05) is 29.8 Å². The van der Waals surface area contributed by atoms with Crippen molar-refractivity contribution in [2.75, 3.05) is 0 Å². The number of carbonyl (C=O) groups excluding carboxylic acids is 1. The van der Waals surface area contributed by atoms with Crippen molar-refractivity contribution in [1.82, 2.24) is 14.6 Å². The molecule has 0 amide bonds. The largest absolute Gasteiger partial charge is 0.545 e. The predicted octanol–water partition coefficient (Wildman–Crippen LogP) is 0.594. The quantitative estimate of drug-likeness (QED) is 0.766. The number of carbonyl (C=O) groups is 1. The third kappa shape index (κ3) is 2.28. The van der Waals surface area contributed by atoms with Crippen molar-refractivity contribution in [2.24, 2.45) is 0 Å². The van der Waals surface area contributed by atoms with Crippen molar-refractivity contribution in [2.45, 2.75) is 20.3 Å². The van der Waals surface area contributed by atoms with Gasteiger partial charge in [-0.05, 0) is 19.4 Å². The van der Waals surface area contributed by atoms with Gasteiger partial charge in [0.25, 0.3) is 5.56 Å². The third-order valence-corrected chi connectivity index (χ3v) is 3.65. The number of aromatic nitrogens is 3. The Labute approximate surface area is 126 Å². The number of aromatic amines is 1. The standard InChI is InChI=1S/C16H15N3O3/c1-9-4-3-5-11(6-9)7-12-10(2)18-14-13(16(21)22)8-17-19(14)15(12)20/h3-6,8,17H,7H2,1-2H3,(H,21,22)/p-1. The Bertz CT molecular complexity index is 937. The molecule has 0 aliphatic heterocycles. The summed E-state index contributed by atoms with van der Waals surface area (Å²) in [6.07, 6.45) is 1.66. The molecule has 0 unspecified atom stereocenters.